The van der Waals surface area contributed by atoms with Gasteiger partial charge in [0.15, 0.2) is 11.5 Å². The number of aromatic nitrogens is 3. The van der Waals surface area contributed by atoms with Crippen molar-refractivity contribution < 1.29 is 14.3 Å². The van der Waals surface area contributed by atoms with Crippen LogP contribution in [0, 0.1) is 0 Å². The van der Waals surface area contributed by atoms with E-state index in [-0.39, 0.29) is 12.5 Å². The van der Waals surface area contributed by atoms with E-state index in [2.05, 4.69) is 33.7 Å². The fraction of sp³-hybridized carbons (Fsp3) is 0.360. The number of rotatable bonds is 7. The summed E-state index contributed by atoms with van der Waals surface area (Å²) in [6, 6.07) is 13.2. The quantitative estimate of drug-likeness (QED) is 0.558. The van der Waals surface area contributed by atoms with Crippen molar-refractivity contribution in [1.29, 1.82) is 0 Å². The molecule has 0 saturated heterocycles. The molecule has 1 aliphatic rings. The first kappa shape index (κ1) is 23.4. The van der Waals surface area contributed by atoms with Gasteiger partial charge in [-0.25, -0.2) is 4.79 Å². The fourth-order valence-electron chi connectivity index (χ4n) is 3.95. The minimum atomic E-state index is -1.06. The molecule has 2 heterocycles. The van der Waals surface area contributed by atoms with Gasteiger partial charge in [-0.2, -0.15) is 0 Å². The molecule has 9 heteroatoms. The zero-order valence-corrected chi connectivity index (χ0v) is 19.9. The van der Waals surface area contributed by atoms with Gasteiger partial charge in [-0.3, -0.25) is 9.20 Å². The Hall–Kier alpha value is -3.72. The Kier molecular flexibility index (Phi) is 6.39. The number of amides is 2. The molecule has 9 nitrogen and oxygen atoms in total. The normalized spacial score (nSPS) is 13.9. The first-order valence-corrected chi connectivity index (χ1v) is 11.2. The Balaban J connectivity index is 1.72. The molecule has 0 aliphatic heterocycles. The van der Waals surface area contributed by atoms with Gasteiger partial charge in [-0.05, 0) is 49.1 Å². The van der Waals surface area contributed by atoms with Gasteiger partial charge in [-0.15, -0.1) is 10.2 Å². The number of carbonyl (C=O) groups is 2. The lowest BCUT2D eigenvalue weighted by molar-refractivity contribution is -0.126. The maximum Gasteiger partial charge on any atom is 0.409 e. The topological polar surface area (TPSA) is 115 Å². The molecular formula is C25H30N6O3. The number of pyridine rings is 1. The smallest absolute Gasteiger partial charge is 0.409 e. The molecule has 2 amide bonds. The van der Waals surface area contributed by atoms with E-state index in [1.54, 1.807) is 27.9 Å². The number of allylic oxidation sites excluding steroid dienone is 1. The third kappa shape index (κ3) is 4.79. The summed E-state index contributed by atoms with van der Waals surface area (Å²) in [4.78, 5) is 26.3. The van der Waals surface area contributed by atoms with Crippen LogP contribution < -0.4 is 11.1 Å². The molecule has 4 rings (SSSR count). The van der Waals surface area contributed by atoms with E-state index in [0.717, 1.165) is 12.0 Å². The first-order chi connectivity index (χ1) is 16.1. The number of nitrogens with two attached hydrogens (primary N) is 1. The minimum absolute atomic E-state index is 0.0357. The summed E-state index contributed by atoms with van der Waals surface area (Å²) in [7, 11) is 3.25. The lowest BCUT2D eigenvalue weighted by Gasteiger charge is -2.24. The summed E-state index contributed by atoms with van der Waals surface area (Å²) in [5.41, 5.74) is 9.86. The van der Waals surface area contributed by atoms with Crippen LogP contribution in [-0.4, -0.2) is 51.1 Å². The maximum atomic E-state index is 12.9. The van der Waals surface area contributed by atoms with Gasteiger partial charge in [0.05, 0.1) is 17.3 Å². The van der Waals surface area contributed by atoms with Crippen molar-refractivity contribution in [3.63, 3.8) is 0 Å². The second-order valence-corrected chi connectivity index (χ2v) is 9.26. The van der Waals surface area contributed by atoms with Crippen LogP contribution in [0.25, 0.3) is 11.2 Å². The molecule has 1 aliphatic carbocycles. The maximum absolute atomic E-state index is 12.9. The fourth-order valence-corrected chi connectivity index (χ4v) is 3.95. The number of fused-ring (bicyclic) bond motifs is 2. The highest BCUT2D eigenvalue weighted by Crippen LogP contribution is 2.34. The van der Waals surface area contributed by atoms with E-state index in [0.29, 0.717) is 23.6 Å². The number of hydrogen-bond acceptors (Lipinski definition) is 6. The molecule has 1 aromatic carbocycles. The number of nitrogens with zero attached hydrogens (tertiary/aromatic N) is 4. The van der Waals surface area contributed by atoms with E-state index < -0.39 is 17.7 Å². The molecular weight excluding hydrogens is 432 g/mol. The van der Waals surface area contributed by atoms with Crippen molar-refractivity contribution in [2.24, 2.45) is 5.73 Å². The monoisotopic (exact) mass is 462 g/mol. The molecule has 0 bridgehead atoms. The van der Waals surface area contributed by atoms with E-state index in [1.807, 2.05) is 34.7 Å². The van der Waals surface area contributed by atoms with Gasteiger partial charge in [0.25, 0.3) is 0 Å². The Morgan fingerprint density at radius 3 is 2.68 bits per heavy atom. The minimum Gasteiger partial charge on any atom is -0.443 e. The van der Waals surface area contributed by atoms with Gasteiger partial charge >= 0.3 is 6.09 Å². The summed E-state index contributed by atoms with van der Waals surface area (Å²) in [6.45, 7) is 3.36. The third-order valence-corrected chi connectivity index (χ3v) is 5.80. The van der Waals surface area contributed by atoms with Crippen molar-refractivity contribution in [3.8, 4) is 0 Å². The van der Waals surface area contributed by atoms with E-state index in [1.165, 1.54) is 16.0 Å². The zero-order chi connectivity index (χ0) is 24.5. The zero-order valence-electron chi connectivity index (χ0n) is 19.9. The summed E-state index contributed by atoms with van der Waals surface area (Å²) in [6.07, 6.45) is 3.10. The molecule has 0 radical (unpaired) electrons. The molecule has 34 heavy (non-hydrogen) atoms. The van der Waals surface area contributed by atoms with Crippen LogP contribution in [0.4, 0.5) is 4.79 Å². The summed E-state index contributed by atoms with van der Waals surface area (Å²) >= 11 is 0. The highest BCUT2D eigenvalue weighted by atomic mass is 16.6. The summed E-state index contributed by atoms with van der Waals surface area (Å²) in [5, 5.41) is 11.8. The van der Waals surface area contributed by atoms with Crippen LogP contribution in [0.3, 0.4) is 0 Å². The van der Waals surface area contributed by atoms with E-state index >= 15 is 0 Å². The van der Waals surface area contributed by atoms with Crippen molar-refractivity contribution >= 4 is 23.2 Å². The van der Waals surface area contributed by atoms with E-state index in [9.17, 15) is 9.59 Å². The van der Waals surface area contributed by atoms with Crippen molar-refractivity contribution in [1.82, 2.24) is 24.8 Å². The number of benzene rings is 1. The number of carbonyl (C=O) groups excluding carboxylic acids is 2. The number of nitrogens with one attached hydrogen (secondary N) is 1. The van der Waals surface area contributed by atoms with Crippen LogP contribution >= 0.6 is 0 Å². The molecule has 2 aromatic heterocycles. The lowest BCUT2D eigenvalue weighted by Crippen LogP contribution is -2.50. The molecule has 3 aromatic rings. The van der Waals surface area contributed by atoms with Crippen LogP contribution in [0.5, 0.6) is 0 Å². The predicted molar refractivity (Wildman–Crippen MR) is 129 cm³/mol. The highest BCUT2D eigenvalue weighted by molar-refractivity contribution is 5.85. The Labute approximate surface area is 198 Å². The van der Waals surface area contributed by atoms with Crippen molar-refractivity contribution in [2.75, 3.05) is 14.1 Å². The lowest BCUT2D eigenvalue weighted by atomic mass is 9.98. The molecule has 0 fully saturated rings. The second kappa shape index (κ2) is 9.26. The average Bonchev–Trinajstić information content (AvgIpc) is 3.41. The summed E-state index contributed by atoms with van der Waals surface area (Å²) in [5.74, 6) is 0.257. The Morgan fingerprint density at radius 2 is 1.94 bits per heavy atom. The number of hydrogen-bond donors (Lipinski definition) is 2. The van der Waals surface area contributed by atoms with E-state index in [4.69, 9.17) is 10.5 Å². The third-order valence-electron chi connectivity index (χ3n) is 5.80. The van der Waals surface area contributed by atoms with Gasteiger partial charge in [-0.1, -0.05) is 36.4 Å². The largest absolute Gasteiger partial charge is 0.443 e. The Morgan fingerprint density at radius 1 is 1.18 bits per heavy atom. The predicted octanol–water partition coefficient (Wildman–Crippen LogP) is 2.85. The second-order valence-electron chi connectivity index (χ2n) is 9.26. The van der Waals surface area contributed by atoms with Crippen molar-refractivity contribution in [3.05, 3.63) is 71.2 Å². The average molecular weight is 463 g/mol. The number of ether oxygens (including phenoxy) is 1. The first-order valence-electron chi connectivity index (χ1n) is 11.2. The van der Waals surface area contributed by atoms with Crippen LogP contribution in [-0.2, 0) is 22.6 Å². The molecule has 0 saturated carbocycles. The SMILES string of the molecule is CN(C)C(=O)OCc1cccc2nnc([C@@H](CC3=CCc4ccccc43)NC(=O)C(C)(C)N)n12. The standard InChI is InChI=1S/C25H30N6O3/c1-25(2,26)23(32)27-20(14-17-13-12-16-8-5-6-10-19(16)17)22-29-28-21-11-7-9-18(31(21)22)15-34-24(33)30(3)4/h5-11,13,20H,12,14-15,26H2,1-4H3,(H,27,32)/t20-/m1/s1. The van der Waals surface area contributed by atoms with Gasteiger partial charge in [0, 0.05) is 20.5 Å². The van der Waals surface area contributed by atoms with Crippen molar-refractivity contribution in [2.45, 2.75) is 44.9 Å². The van der Waals surface area contributed by atoms with Crippen LogP contribution in [0.15, 0.2) is 48.5 Å². The summed E-state index contributed by atoms with van der Waals surface area (Å²) < 4.78 is 7.24. The van der Waals surface area contributed by atoms with Gasteiger partial charge < -0.3 is 20.7 Å². The van der Waals surface area contributed by atoms with Gasteiger partial charge in [0.1, 0.15) is 6.61 Å². The van der Waals surface area contributed by atoms with Gasteiger partial charge in [0.2, 0.25) is 5.91 Å². The molecule has 3 N–H and O–H groups in total. The molecule has 178 valence electrons. The van der Waals surface area contributed by atoms with Crippen LogP contribution in [0.2, 0.25) is 0 Å². The highest BCUT2D eigenvalue weighted by Gasteiger charge is 2.30. The van der Waals surface area contributed by atoms with Crippen LogP contribution in [0.1, 0.15) is 49.0 Å². The molecule has 1 atom stereocenters. The molecule has 0 unspecified atom stereocenters. The Bertz CT molecular complexity index is 1260. The molecule has 0 spiro atoms.